The second kappa shape index (κ2) is 14.1. The van der Waals surface area contributed by atoms with Crippen LogP contribution in [0.2, 0.25) is 0 Å². The molecule has 1 saturated carbocycles. The smallest absolute Gasteiger partial charge is 0.413 e. The number of aromatic nitrogens is 4. The number of likely N-dealkylation sites (tertiary alicyclic amines) is 1. The van der Waals surface area contributed by atoms with E-state index in [0.717, 1.165) is 73.4 Å². The number of carbonyl (C=O) groups is 3. The first-order valence-electron chi connectivity index (χ1n) is 20.1. The van der Waals surface area contributed by atoms with Crippen molar-refractivity contribution in [3.63, 3.8) is 0 Å². The first-order valence-corrected chi connectivity index (χ1v) is 20.1. The Labute approximate surface area is 332 Å². The molecule has 300 valence electrons. The Bertz CT molecular complexity index is 2570. The summed E-state index contributed by atoms with van der Waals surface area (Å²) in [6.07, 6.45) is 5.02. The minimum atomic E-state index is -0.715. The van der Waals surface area contributed by atoms with E-state index in [-0.39, 0.29) is 29.9 Å². The Morgan fingerprint density at radius 3 is 2.62 bits per heavy atom. The van der Waals surface area contributed by atoms with Gasteiger partial charge in [0.15, 0.2) is 0 Å². The molecule has 5 aromatic rings. The van der Waals surface area contributed by atoms with E-state index in [1.54, 1.807) is 36.1 Å². The summed E-state index contributed by atoms with van der Waals surface area (Å²) in [6.45, 7) is 7.56. The molecular weight excluding hydrogens is 746 g/mol. The SMILES string of the molecule is Cc1c(-c2cc3cc(NC(=O)OC4[C@H]5CN(CC6CCN(c7cccc8c7n(C)c(=O)n8C7CCC(=O)NC7=O)CC6)C[C@@H]45)ncc3cc2F)cnc2c1NCCO2. The first kappa shape index (κ1) is 36.3. The molecule has 16 heteroatoms. The van der Waals surface area contributed by atoms with Crippen molar-refractivity contribution in [1.29, 1.82) is 0 Å². The number of pyridine rings is 2. The highest BCUT2D eigenvalue weighted by atomic mass is 19.1. The van der Waals surface area contributed by atoms with Crippen LogP contribution in [0.5, 0.6) is 5.88 Å². The van der Waals surface area contributed by atoms with E-state index < -0.39 is 18.0 Å². The maximum atomic E-state index is 15.3. The van der Waals surface area contributed by atoms with E-state index in [9.17, 15) is 19.2 Å². The normalized spacial score (nSPS) is 23.3. The van der Waals surface area contributed by atoms with Gasteiger partial charge in [-0.25, -0.2) is 23.9 Å². The molecule has 0 bridgehead atoms. The zero-order chi connectivity index (χ0) is 39.8. The molecule has 4 atom stereocenters. The van der Waals surface area contributed by atoms with E-state index in [1.165, 1.54) is 10.6 Å². The fourth-order valence-corrected chi connectivity index (χ4v) is 9.70. The van der Waals surface area contributed by atoms with Crippen molar-refractivity contribution < 1.29 is 28.2 Å². The number of hydrogen-bond acceptors (Lipinski definition) is 11. The first-order chi connectivity index (χ1) is 28.1. The predicted molar refractivity (Wildman–Crippen MR) is 215 cm³/mol. The molecule has 2 unspecified atom stereocenters. The number of ether oxygens (including phenoxy) is 2. The molecule has 0 spiro atoms. The zero-order valence-corrected chi connectivity index (χ0v) is 32.3. The molecule has 3 saturated heterocycles. The van der Waals surface area contributed by atoms with Crippen LogP contribution in [0, 0.1) is 30.5 Å². The summed E-state index contributed by atoms with van der Waals surface area (Å²) < 4.78 is 30.0. The number of hydrogen-bond donors (Lipinski definition) is 3. The van der Waals surface area contributed by atoms with E-state index >= 15 is 4.39 Å². The Morgan fingerprint density at radius 2 is 1.83 bits per heavy atom. The summed E-state index contributed by atoms with van der Waals surface area (Å²) in [5.74, 6) is 0.846. The predicted octanol–water partition coefficient (Wildman–Crippen LogP) is 4.58. The van der Waals surface area contributed by atoms with Gasteiger partial charge in [-0.15, -0.1) is 0 Å². The summed E-state index contributed by atoms with van der Waals surface area (Å²) in [5.41, 5.74) is 4.88. The number of rotatable bonds is 7. The summed E-state index contributed by atoms with van der Waals surface area (Å²) in [5, 5.41) is 9.79. The van der Waals surface area contributed by atoms with Gasteiger partial charge in [0.2, 0.25) is 17.7 Å². The molecule has 4 aliphatic heterocycles. The van der Waals surface area contributed by atoms with Crippen molar-refractivity contribution in [1.82, 2.24) is 29.3 Å². The molecule has 3 aromatic heterocycles. The highest BCUT2D eigenvalue weighted by Crippen LogP contribution is 2.48. The van der Waals surface area contributed by atoms with Crippen molar-refractivity contribution >= 4 is 56.9 Å². The highest BCUT2D eigenvalue weighted by Gasteiger charge is 2.58. The lowest BCUT2D eigenvalue weighted by Gasteiger charge is -2.36. The van der Waals surface area contributed by atoms with E-state index in [2.05, 4.69) is 35.7 Å². The minimum Gasteiger partial charge on any atom is -0.474 e. The number of anilines is 3. The van der Waals surface area contributed by atoms with E-state index in [1.807, 2.05) is 25.1 Å². The van der Waals surface area contributed by atoms with E-state index in [0.29, 0.717) is 71.1 Å². The van der Waals surface area contributed by atoms with Gasteiger partial charge in [0, 0.05) is 93.5 Å². The van der Waals surface area contributed by atoms with Crippen LogP contribution in [-0.4, -0.2) is 93.9 Å². The van der Waals surface area contributed by atoms with Crippen molar-refractivity contribution in [3.8, 4) is 17.0 Å². The molecule has 2 aromatic carbocycles. The van der Waals surface area contributed by atoms with Gasteiger partial charge in [-0.2, -0.15) is 0 Å². The summed E-state index contributed by atoms with van der Waals surface area (Å²) >= 11 is 0. The third-order valence-corrected chi connectivity index (χ3v) is 12.8. The summed E-state index contributed by atoms with van der Waals surface area (Å²) in [6, 6.07) is 10.0. The van der Waals surface area contributed by atoms with Gasteiger partial charge in [0.25, 0.3) is 0 Å². The van der Waals surface area contributed by atoms with Gasteiger partial charge in [-0.1, -0.05) is 6.07 Å². The number of amides is 3. The van der Waals surface area contributed by atoms with Crippen LogP contribution >= 0.6 is 0 Å². The van der Waals surface area contributed by atoms with E-state index in [4.69, 9.17) is 9.47 Å². The number of halogens is 1. The maximum absolute atomic E-state index is 15.3. The molecule has 1 aliphatic carbocycles. The number of fused-ring (bicyclic) bond motifs is 4. The number of piperidine rings is 3. The second-order valence-electron chi connectivity index (χ2n) is 16.3. The molecule has 3 amide bonds. The second-order valence-corrected chi connectivity index (χ2v) is 16.3. The van der Waals surface area contributed by atoms with Gasteiger partial charge in [-0.05, 0) is 73.4 Å². The molecule has 58 heavy (non-hydrogen) atoms. The number of para-hydroxylation sites is 1. The van der Waals surface area contributed by atoms with Crippen molar-refractivity contribution in [2.75, 3.05) is 61.4 Å². The number of aryl methyl sites for hydroxylation is 1. The number of nitrogens with one attached hydrogen (secondary N) is 3. The Hall–Kier alpha value is -6.03. The maximum Gasteiger partial charge on any atom is 0.413 e. The van der Waals surface area contributed by atoms with Crippen LogP contribution in [0.4, 0.5) is 26.4 Å². The largest absolute Gasteiger partial charge is 0.474 e. The average molecular weight is 790 g/mol. The van der Waals surface area contributed by atoms with Crippen LogP contribution < -0.4 is 31.3 Å². The quantitative estimate of drug-likeness (QED) is 0.198. The van der Waals surface area contributed by atoms with Crippen LogP contribution in [0.25, 0.3) is 32.9 Å². The molecule has 4 fully saturated rings. The highest BCUT2D eigenvalue weighted by molar-refractivity contribution is 6.00. The Balaban J connectivity index is 0.728. The summed E-state index contributed by atoms with van der Waals surface area (Å²) in [7, 11) is 1.74. The zero-order valence-electron chi connectivity index (χ0n) is 32.3. The number of nitrogens with zero attached hydrogens (tertiary/aromatic N) is 6. The van der Waals surface area contributed by atoms with Crippen LogP contribution in [0.1, 0.15) is 37.3 Å². The lowest BCUT2D eigenvalue weighted by atomic mass is 9.95. The third-order valence-electron chi connectivity index (χ3n) is 12.8. The fourth-order valence-electron chi connectivity index (χ4n) is 9.70. The Kier molecular flexibility index (Phi) is 8.84. The minimum absolute atomic E-state index is 0.129. The lowest BCUT2D eigenvalue weighted by Crippen LogP contribution is -2.44. The third kappa shape index (κ3) is 6.30. The van der Waals surface area contributed by atoms with Crippen molar-refractivity contribution in [2.24, 2.45) is 24.8 Å². The molecule has 10 rings (SSSR count). The average Bonchev–Trinajstić information content (AvgIpc) is 3.51. The van der Waals surface area contributed by atoms with Gasteiger partial charge < -0.3 is 24.6 Å². The molecule has 5 aliphatic rings. The van der Waals surface area contributed by atoms with Gasteiger partial charge in [0.1, 0.15) is 36.1 Å². The van der Waals surface area contributed by atoms with Gasteiger partial charge in [-0.3, -0.25) is 29.4 Å². The van der Waals surface area contributed by atoms with Gasteiger partial charge >= 0.3 is 11.8 Å². The monoisotopic (exact) mass is 789 g/mol. The van der Waals surface area contributed by atoms with Crippen molar-refractivity contribution in [3.05, 3.63) is 70.7 Å². The molecule has 0 radical (unpaired) electrons. The lowest BCUT2D eigenvalue weighted by molar-refractivity contribution is -0.135. The standard InChI is InChI=1S/C42H44FN9O6/c1-22-27(18-46-40-36(22)44-10-13-57-40)26-14-24-16-34(45-17-25(24)15-30(26)43)47-41(55)58-38-28-20-50(21-29(28)38)19-23-8-11-51(12-9-23)31-4-3-5-32-37(31)49(2)42(56)52(32)33-6-7-35(53)48-39(33)54/h3-5,14-18,23,28-29,33,38,44H,6-13,19-21H2,1-2H3,(H,45,47,55)(H,48,53,54)/t28-,29+,33?,38?. The number of benzene rings is 2. The molecular formula is C42H44FN9O6. The fraction of sp³-hybridized carbons (Fsp3) is 0.429. The molecule has 7 heterocycles. The Morgan fingerprint density at radius 1 is 1.02 bits per heavy atom. The summed E-state index contributed by atoms with van der Waals surface area (Å²) in [4.78, 5) is 64.4. The van der Waals surface area contributed by atoms with Crippen LogP contribution in [-0.2, 0) is 21.4 Å². The topological polar surface area (TPSA) is 165 Å². The molecule has 15 nitrogen and oxygen atoms in total. The number of carbonyl (C=O) groups excluding carboxylic acids is 3. The number of imide groups is 1. The van der Waals surface area contributed by atoms with Crippen molar-refractivity contribution in [2.45, 2.75) is 44.8 Å². The van der Waals surface area contributed by atoms with Crippen LogP contribution in [0.15, 0.2) is 53.6 Å². The number of imidazole rings is 1. The molecule has 3 N–H and O–H groups in total. The van der Waals surface area contributed by atoms with Crippen LogP contribution in [0.3, 0.4) is 0 Å². The van der Waals surface area contributed by atoms with Gasteiger partial charge in [0.05, 0.1) is 16.7 Å².